The molecule has 1 heterocycles. The number of hydrogen-bond acceptors (Lipinski definition) is 4. The summed E-state index contributed by atoms with van der Waals surface area (Å²) >= 11 is 1.51. The number of hydrogen-bond donors (Lipinski definition) is 1. The van der Waals surface area contributed by atoms with Crippen molar-refractivity contribution in [1.82, 2.24) is 9.62 Å². The van der Waals surface area contributed by atoms with E-state index in [4.69, 9.17) is 6.42 Å². The van der Waals surface area contributed by atoms with Crippen molar-refractivity contribution in [2.24, 2.45) is 0 Å². The molecule has 1 N–H and O–H groups in total. The Morgan fingerprint density at radius 1 is 1.38 bits per heavy atom. The van der Waals surface area contributed by atoms with E-state index in [1.165, 1.54) is 22.7 Å². The van der Waals surface area contributed by atoms with Crippen molar-refractivity contribution in [3.8, 4) is 12.3 Å². The first-order valence-electron chi connectivity index (χ1n) is 6.63. The summed E-state index contributed by atoms with van der Waals surface area (Å²) in [5.74, 6) is 2.38. The van der Waals surface area contributed by atoms with Gasteiger partial charge in [-0.25, -0.2) is 8.42 Å². The van der Waals surface area contributed by atoms with E-state index in [1.54, 1.807) is 0 Å². The topological polar surface area (TPSA) is 49.4 Å². The normalized spacial score (nSPS) is 11.9. The Kier molecular flexibility index (Phi) is 5.01. The molecule has 0 unspecified atom stereocenters. The van der Waals surface area contributed by atoms with E-state index >= 15 is 0 Å². The van der Waals surface area contributed by atoms with Crippen molar-refractivity contribution in [2.75, 3.05) is 20.1 Å². The predicted octanol–water partition coefficient (Wildman–Crippen LogP) is 2.26. The summed E-state index contributed by atoms with van der Waals surface area (Å²) in [6.45, 7) is 3.38. The number of terminal acetylenes is 1. The molecule has 0 bridgehead atoms. The molecule has 0 saturated carbocycles. The Morgan fingerprint density at radius 3 is 2.76 bits per heavy atom. The van der Waals surface area contributed by atoms with Crippen molar-refractivity contribution in [2.45, 2.75) is 18.4 Å². The minimum Gasteiger partial charge on any atom is -0.312 e. The molecule has 0 spiro atoms. The summed E-state index contributed by atoms with van der Waals surface area (Å²) in [5.41, 5.74) is 0. The van der Waals surface area contributed by atoms with E-state index < -0.39 is 10.0 Å². The number of benzene rings is 1. The summed E-state index contributed by atoms with van der Waals surface area (Å²) in [6, 6.07) is 7.55. The number of fused-ring (bicyclic) bond motifs is 1. The van der Waals surface area contributed by atoms with E-state index in [0.29, 0.717) is 11.4 Å². The number of thiophene rings is 1. The zero-order valence-corrected chi connectivity index (χ0v) is 13.7. The van der Waals surface area contributed by atoms with Crippen LogP contribution in [0.2, 0.25) is 0 Å². The van der Waals surface area contributed by atoms with Crippen LogP contribution in [0.4, 0.5) is 0 Å². The van der Waals surface area contributed by atoms with E-state index in [0.717, 1.165) is 21.5 Å². The van der Waals surface area contributed by atoms with Crippen LogP contribution in [0.25, 0.3) is 10.1 Å². The molecule has 0 saturated heterocycles. The fourth-order valence-electron chi connectivity index (χ4n) is 2.08. The second-order valence-electron chi connectivity index (χ2n) is 4.60. The smallest absolute Gasteiger partial charge is 0.245 e. The highest BCUT2D eigenvalue weighted by Gasteiger charge is 2.27. The molecule has 0 aliphatic rings. The van der Waals surface area contributed by atoms with Gasteiger partial charge < -0.3 is 5.32 Å². The molecule has 21 heavy (non-hydrogen) atoms. The number of nitrogens with one attached hydrogen (secondary N) is 1. The number of nitrogens with zero attached hydrogens (tertiary/aromatic N) is 1. The monoisotopic (exact) mass is 322 g/mol. The van der Waals surface area contributed by atoms with Crippen LogP contribution in [0.1, 0.15) is 11.8 Å². The van der Waals surface area contributed by atoms with E-state index in [9.17, 15) is 8.42 Å². The predicted molar refractivity (Wildman–Crippen MR) is 87.9 cm³/mol. The summed E-state index contributed by atoms with van der Waals surface area (Å²) in [6.07, 6.45) is 5.24. The fourth-order valence-corrected chi connectivity index (χ4v) is 5.03. The molecule has 1 aromatic carbocycles. The minimum absolute atomic E-state index is 0.0627. The van der Waals surface area contributed by atoms with Crippen LogP contribution in [0.5, 0.6) is 0 Å². The van der Waals surface area contributed by atoms with E-state index in [1.807, 2.05) is 31.2 Å². The van der Waals surface area contributed by atoms with Crippen LogP contribution < -0.4 is 5.32 Å². The van der Waals surface area contributed by atoms with Crippen molar-refractivity contribution in [1.29, 1.82) is 0 Å². The summed E-state index contributed by atoms with van der Waals surface area (Å²) in [4.78, 5) is 1.20. The van der Waals surface area contributed by atoms with E-state index in [-0.39, 0.29) is 6.54 Å². The lowest BCUT2D eigenvalue weighted by atomic mass is 10.2. The van der Waals surface area contributed by atoms with Gasteiger partial charge in [-0.05, 0) is 12.6 Å². The van der Waals surface area contributed by atoms with Crippen LogP contribution >= 0.6 is 11.3 Å². The lowest BCUT2D eigenvalue weighted by Crippen LogP contribution is -2.28. The molecule has 2 rings (SSSR count). The zero-order chi connectivity index (χ0) is 15.5. The minimum atomic E-state index is -3.58. The third kappa shape index (κ3) is 3.11. The highest BCUT2D eigenvalue weighted by molar-refractivity contribution is 7.89. The maximum atomic E-state index is 12.8. The second-order valence-corrected chi connectivity index (χ2v) is 7.71. The van der Waals surface area contributed by atoms with Crippen LogP contribution in [0, 0.1) is 12.3 Å². The van der Waals surface area contributed by atoms with Gasteiger partial charge in [-0.1, -0.05) is 31.0 Å². The first-order valence-corrected chi connectivity index (χ1v) is 8.89. The third-order valence-corrected chi connectivity index (χ3v) is 6.37. The average Bonchev–Trinajstić information content (AvgIpc) is 2.84. The van der Waals surface area contributed by atoms with E-state index in [2.05, 4.69) is 11.2 Å². The lowest BCUT2D eigenvalue weighted by Gasteiger charge is -2.15. The molecule has 4 nitrogen and oxygen atoms in total. The molecular formula is C15H18N2O2S2. The van der Waals surface area contributed by atoms with Crippen LogP contribution in [0.15, 0.2) is 29.2 Å². The largest absolute Gasteiger partial charge is 0.312 e. The number of sulfonamides is 1. The van der Waals surface area contributed by atoms with Crippen molar-refractivity contribution >= 4 is 31.4 Å². The Labute approximate surface area is 129 Å². The Balaban J connectivity index is 2.62. The van der Waals surface area contributed by atoms with Gasteiger partial charge in [0.25, 0.3) is 0 Å². The third-order valence-electron chi connectivity index (χ3n) is 3.14. The Hall–Kier alpha value is -1.39. The first kappa shape index (κ1) is 16.0. The van der Waals surface area contributed by atoms with Gasteiger partial charge in [-0.2, -0.15) is 4.31 Å². The Morgan fingerprint density at radius 2 is 2.10 bits per heavy atom. The van der Waals surface area contributed by atoms with Gasteiger partial charge in [0.1, 0.15) is 4.90 Å². The first-order chi connectivity index (χ1) is 10.0. The van der Waals surface area contributed by atoms with Crippen LogP contribution in [0.3, 0.4) is 0 Å². The maximum Gasteiger partial charge on any atom is 0.245 e. The van der Waals surface area contributed by atoms with Gasteiger partial charge in [0.05, 0.1) is 6.54 Å². The molecule has 2 aromatic rings. The molecule has 0 aliphatic heterocycles. The van der Waals surface area contributed by atoms with Gasteiger partial charge >= 0.3 is 0 Å². The number of rotatable bonds is 6. The zero-order valence-electron chi connectivity index (χ0n) is 12.1. The molecule has 0 amide bonds. The molecular weight excluding hydrogens is 304 g/mol. The summed E-state index contributed by atoms with van der Waals surface area (Å²) < 4.78 is 27.8. The van der Waals surface area contributed by atoms with Gasteiger partial charge in [-0.15, -0.1) is 17.8 Å². The molecule has 0 aliphatic carbocycles. The Bertz CT molecular complexity index is 773. The second kappa shape index (κ2) is 6.58. The molecule has 0 radical (unpaired) electrons. The standard InChI is InChI=1S/C15H18N2O2S2/c1-4-10-17(3)21(18,19)15-12-8-6-7-9-13(12)20-14(15)11-16-5-2/h1,6-9,16H,5,10-11H2,2-3H3. The summed E-state index contributed by atoms with van der Waals surface area (Å²) in [7, 11) is -2.07. The maximum absolute atomic E-state index is 12.8. The SMILES string of the molecule is C#CCN(C)S(=O)(=O)c1c(CNCC)sc2ccccc12. The molecule has 112 valence electrons. The van der Waals surface area contributed by atoms with Gasteiger partial charge in [0, 0.05) is 28.6 Å². The van der Waals surface area contributed by atoms with Crippen molar-refractivity contribution in [3.05, 3.63) is 29.1 Å². The highest BCUT2D eigenvalue weighted by Crippen LogP contribution is 2.35. The molecule has 0 atom stereocenters. The van der Waals surface area contributed by atoms with Crippen molar-refractivity contribution in [3.63, 3.8) is 0 Å². The highest BCUT2D eigenvalue weighted by atomic mass is 32.2. The van der Waals surface area contributed by atoms with Crippen LogP contribution in [-0.2, 0) is 16.6 Å². The fraction of sp³-hybridized carbons (Fsp3) is 0.333. The van der Waals surface area contributed by atoms with Gasteiger partial charge in [0.15, 0.2) is 0 Å². The van der Waals surface area contributed by atoms with Gasteiger partial charge in [0.2, 0.25) is 10.0 Å². The quantitative estimate of drug-likeness (QED) is 0.830. The lowest BCUT2D eigenvalue weighted by molar-refractivity contribution is 0.503. The summed E-state index contributed by atoms with van der Waals surface area (Å²) in [5, 5.41) is 3.96. The molecule has 6 heteroatoms. The molecule has 1 aromatic heterocycles. The van der Waals surface area contributed by atoms with Crippen LogP contribution in [-0.4, -0.2) is 32.9 Å². The van der Waals surface area contributed by atoms with Crippen molar-refractivity contribution < 1.29 is 8.42 Å². The van der Waals surface area contributed by atoms with Gasteiger partial charge in [-0.3, -0.25) is 0 Å². The average molecular weight is 322 g/mol. The molecule has 0 fully saturated rings.